The Morgan fingerprint density at radius 3 is 2.45 bits per heavy atom. The van der Waals surface area contributed by atoms with Gasteiger partial charge in [-0.3, -0.25) is 0 Å². The second kappa shape index (κ2) is 5.61. The van der Waals surface area contributed by atoms with Crippen LogP contribution in [-0.4, -0.2) is 8.42 Å². The number of nitrogens with two attached hydrogens (primary N) is 2. The Bertz CT molecular complexity index is 765. The van der Waals surface area contributed by atoms with Gasteiger partial charge < -0.3 is 11.1 Å². The van der Waals surface area contributed by atoms with Crippen molar-refractivity contribution in [3.05, 3.63) is 45.9 Å². The van der Waals surface area contributed by atoms with Crippen LogP contribution in [-0.2, 0) is 10.0 Å². The minimum Gasteiger partial charge on any atom is -0.397 e. The van der Waals surface area contributed by atoms with Gasteiger partial charge in [0.05, 0.1) is 22.0 Å². The summed E-state index contributed by atoms with van der Waals surface area (Å²) in [5.41, 5.74) is 7.31. The zero-order chi connectivity index (χ0) is 14.9. The average Bonchev–Trinajstić information content (AvgIpc) is 2.35. The second-order valence-electron chi connectivity index (χ2n) is 4.04. The minimum atomic E-state index is -3.79. The molecule has 5 nitrogen and oxygen atoms in total. The Morgan fingerprint density at radius 1 is 1.10 bits per heavy atom. The first-order chi connectivity index (χ1) is 9.27. The van der Waals surface area contributed by atoms with Crippen molar-refractivity contribution in [1.29, 1.82) is 0 Å². The highest BCUT2D eigenvalue weighted by molar-refractivity contribution is 9.10. The van der Waals surface area contributed by atoms with Gasteiger partial charge >= 0.3 is 0 Å². The SMILES string of the molecule is Nc1ccc(S(N)(=O)=O)cc1Nc1cc(Cl)ccc1Br. The molecule has 0 heterocycles. The monoisotopic (exact) mass is 375 g/mol. The third-order valence-corrected chi connectivity index (χ3v) is 4.39. The van der Waals surface area contributed by atoms with Gasteiger partial charge in [-0.05, 0) is 52.3 Å². The number of anilines is 3. The first-order valence-electron chi connectivity index (χ1n) is 5.42. The van der Waals surface area contributed by atoms with E-state index in [0.29, 0.717) is 22.1 Å². The number of benzene rings is 2. The molecule has 0 saturated carbocycles. The van der Waals surface area contributed by atoms with Crippen LogP contribution in [0.2, 0.25) is 5.02 Å². The van der Waals surface area contributed by atoms with Gasteiger partial charge in [-0.1, -0.05) is 11.6 Å². The summed E-state index contributed by atoms with van der Waals surface area (Å²) in [7, 11) is -3.79. The Hall–Kier alpha value is -1.28. The molecule has 8 heteroatoms. The van der Waals surface area contributed by atoms with Crippen LogP contribution < -0.4 is 16.2 Å². The van der Waals surface area contributed by atoms with Crippen LogP contribution in [0.1, 0.15) is 0 Å². The first-order valence-corrected chi connectivity index (χ1v) is 8.13. The van der Waals surface area contributed by atoms with Crippen LogP contribution in [0.3, 0.4) is 0 Å². The predicted molar refractivity (Wildman–Crippen MR) is 84.7 cm³/mol. The van der Waals surface area contributed by atoms with Gasteiger partial charge in [-0.2, -0.15) is 0 Å². The summed E-state index contributed by atoms with van der Waals surface area (Å²) in [5.74, 6) is 0. The third kappa shape index (κ3) is 3.43. The minimum absolute atomic E-state index is 0.0210. The van der Waals surface area contributed by atoms with Gasteiger partial charge in [-0.15, -0.1) is 0 Å². The normalized spacial score (nSPS) is 11.3. The van der Waals surface area contributed by atoms with E-state index in [4.69, 9.17) is 22.5 Å². The van der Waals surface area contributed by atoms with Crippen LogP contribution >= 0.6 is 27.5 Å². The molecule has 0 bridgehead atoms. The molecule has 0 aliphatic carbocycles. The molecule has 0 fully saturated rings. The van der Waals surface area contributed by atoms with Crippen molar-refractivity contribution < 1.29 is 8.42 Å². The predicted octanol–water partition coefficient (Wildman–Crippen LogP) is 3.08. The summed E-state index contributed by atoms with van der Waals surface area (Å²) in [5, 5.41) is 8.65. The lowest BCUT2D eigenvalue weighted by Crippen LogP contribution is -2.12. The van der Waals surface area contributed by atoms with E-state index in [0.717, 1.165) is 4.47 Å². The average molecular weight is 377 g/mol. The fourth-order valence-corrected chi connectivity index (χ4v) is 2.62. The summed E-state index contributed by atoms with van der Waals surface area (Å²) in [4.78, 5) is -0.0210. The van der Waals surface area contributed by atoms with Crippen LogP contribution in [0.5, 0.6) is 0 Å². The lowest BCUT2D eigenvalue weighted by Gasteiger charge is -2.12. The number of primary sulfonamides is 1. The van der Waals surface area contributed by atoms with Crippen molar-refractivity contribution in [2.24, 2.45) is 5.14 Å². The molecule has 2 rings (SSSR count). The van der Waals surface area contributed by atoms with Crippen molar-refractivity contribution in [2.45, 2.75) is 4.90 Å². The zero-order valence-electron chi connectivity index (χ0n) is 10.1. The highest BCUT2D eigenvalue weighted by Gasteiger charge is 2.11. The number of rotatable bonds is 3. The molecular formula is C12H11BrClN3O2S. The van der Waals surface area contributed by atoms with E-state index in [-0.39, 0.29) is 4.90 Å². The van der Waals surface area contributed by atoms with Crippen LogP contribution in [0.15, 0.2) is 45.8 Å². The maximum atomic E-state index is 11.3. The molecule has 20 heavy (non-hydrogen) atoms. The summed E-state index contributed by atoms with van der Waals surface area (Å²) in [6.07, 6.45) is 0. The molecule has 2 aromatic carbocycles. The van der Waals surface area contributed by atoms with Crippen molar-refractivity contribution in [1.82, 2.24) is 0 Å². The molecule has 5 N–H and O–H groups in total. The molecule has 0 aliphatic rings. The Kier molecular flexibility index (Phi) is 4.24. The molecule has 0 radical (unpaired) electrons. The maximum Gasteiger partial charge on any atom is 0.238 e. The lowest BCUT2D eigenvalue weighted by atomic mass is 10.2. The smallest absolute Gasteiger partial charge is 0.238 e. The number of halogens is 2. The van der Waals surface area contributed by atoms with Gasteiger partial charge in [0, 0.05) is 9.50 Å². The molecule has 0 saturated heterocycles. The Morgan fingerprint density at radius 2 is 1.80 bits per heavy atom. The van der Waals surface area contributed by atoms with E-state index in [9.17, 15) is 8.42 Å². The molecule has 2 aromatic rings. The van der Waals surface area contributed by atoms with Gasteiger partial charge in [-0.25, -0.2) is 13.6 Å². The number of hydrogen-bond donors (Lipinski definition) is 3. The van der Waals surface area contributed by atoms with Gasteiger partial charge in [0.2, 0.25) is 10.0 Å². The summed E-state index contributed by atoms with van der Waals surface area (Å²) < 4.78 is 23.5. The molecule has 0 aromatic heterocycles. The van der Waals surface area contributed by atoms with Crippen LogP contribution in [0.25, 0.3) is 0 Å². The van der Waals surface area contributed by atoms with Crippen LogP contribution in [0.4, 0.5) is 17.1 Å². The van der Waals surface area contributed by atoms with E-state index in [1.54, 1.807) is 18.2 Å². The molecular weight excluding hydrogens is 366 g/mol. The largest absolute Gasteiger partial charge is 0.397 e. The number of sulfonamides is 1. The highest BCUT2D eigenvalue weighted by Crippen LogP contribution is 2.32. The fourth-order valence-electron chi connectivity index (χ4n) is 1.56. The molecule has 0 unspecified atom stereocenters. The van der Waals surface area contributed by atoms with Gasteiger partial charge in [0.15, 0.2) is 0 Å². The second-order valence-corrected chi connectivity index (χ2v) is 6.90. The van der Waals surface area contributed by atoms with E-state index in [2.05, 4.69) is 21.2 Å². The van der Waals surface area contributed by atoms with Crippen LogP contribution in [0, 0.1) is 0 Å². The Labute approximate surface area is 130 Å². The maximum absolute atomic E-state index is 11.3. The number of hydrogen-bond acceptors (Lipinski definition) is 4. The van der Waals surface area contributed by atoms with Crippen molar-refractivity contribution in [2.75, 3.05) is 11.1 Å². The number of nitrogens with one attached hydrogen (secondary N) is 1. The third-order valence-electron chi connectivity index (χ3n) is 2.55. The highest BCUT2D eigenvalue weighted by atomic mass is 79.9. The van der Waals surface area contributed by atoms with Crippen molar-refractivity contribution in [3.8, 4) is 0 Å². The Balaban J connectivity index is 2.45. The van der Waals surface area contributed by atoms with E-state index < -0.39 is 10.0 Å². The van der Waals surface area contributed by atoms with Gasteiger partial charge in [0.1, 0.15) is 0 Å². The van der Waals surface area contributed by atoms with E-state index in [1.165, 1.54) is 18.2 Å². The lowest BCUT2D eigenvalue weighted by molar-refractivity contribution is 0.598. The fraction of sp³-hybridized carbons (Fsp3) is 0. The molecule has 0 atom stereocenters. The molecule has 0 aliphatic heterocycles. The quantitative estimate of drug-likeness (QED) is 0.717. The molecule has 106 valence electrons. The summed E-state index contributed by atoms with van der Waals surface area (Å²) in [6, 6.07) is 9.38. The standard InChI is InChI=1S/C12H11BrClN3O2S/c13-9-3-1-7(14)5-11(9)17-12-6-8(20(16,18)19)2-4-10(12)15/h1-6,17H,15H2,(H2,16,18,19). The van der Waals surface area contributed by atoms with Gasteiger partial charge in [0.25, 0.3) is 0 Å². The van der Waals surface area contributed by atoms with Crippen molar-refractivity contribution in [3.63, 3.8) is 0 Å². The summed E-state index contributed by atoms with van der Waals surface area (Å²) in [6.45, 7) is 0. The first kappa shape index (κ1) is 15.1. The molecule has 0 spiro atoms. The summed E-state index contributed by atoms with van der Waals surface area (Å²) >= 11 is 9.28. The topological polar surface area (TPSA) is 98.2 Å². The van der Waals surface area contributed by atoms with E-state index in [1.807, 2.05) is 0 Å². The molecule has 0 amide bonds. The van der Waals surface area contributed by atoms with E-state index >= 15 is 0 Å². The number of nitrogen functional groups attached to an aromatic ring is 1. The zero-order valence-corrected chi connectivity index (χ0v) is 13.3. The van der Waals surface area contributed by atoms with Crippen molar-refractivity contribution >= 4 is 54.6 Å².